The van der Waals surface area contributed by atoms with Gasteiger partial charge in [-0.1, -0.05) is 0 Å². The molecule has 0 aromatic heterocycles. The number of amides is 3. The van der Waals surface area contributed by atoms with Crippen molar-refractivity contribution in [2.24, 2.45) is 0 Å². The van der Waals surface area contributed by atoms with E-state index in [2.05, 4.69) is 5.32 Å². The second kappa shape index (κ2) is 5.91. The maximum Gasteiger partial charge on any atom is 0.265 e. The largest absolute Gasteiger partial charge is 0.479 e. The van der Waals surface area contributed by atoms with Gasteiger partial charge in [0, 0.05) is 38.7 Å². The molecule has 7 heteroatoms. The summed E-state index contributed by atoms with van der Waals surface area (Å²) in [6.07, 6.45) is -0.538. The van der Waals surface area contributed by atoms with E-state index in [-0.39, 0.29) is 17.7 Å². The van der Waals surface area contributed by atoms with E-state index in [0.717, 1.165) is 0 Å². The van der Waals surface area contributed by atoms with Gasteiger partial charge in [0.2, 0.25) is 5.91 Å². The number of rotatable bonds is 1. The molecule has 1 saturated heterocycles. The number of piperazine rings is 1. The Morgan fingerprint density at radius 3 is 2.48 bits per heavy atom. The van der Waals surface area contributed by atoms with Gasteiger partial charge in [-0.3, -0.25) is 14.4 Å². The van der Waals surface area contributed by atoms with Crippen LogP contribution in [-0.4, -0.2) is 59.8 Å². The van der Waals surface area contributed by atoms with Crippen molar-refractivity contribution in [2.45, 2.75) is 20.0 Å². The number of nitrogens with one attached hydrogen (secondary N) is 1. The molecule has 23 heavy (non-hydrogen) atoms. The second-order valence-electron chi connectivity index (χ2n) is 5.76. The molecule has 2 aliphatic rings. The van der Waals surface area contributed by atoms with Gasteiger partial charge in [0.25, 0.3) is 11.8 Å². The number of nitrogens with zero attached hydrogens (tertiary/aromatic N) is 2. The average molecular weight is 317 g/mol. The zero-order chi connectivity index (χ0) is 16.6. The first-order valence-electron chi connectivity index (χ1n) is 7.62. The molecule has 3 rings (SSSR count). The Morgan fingerprint density at radius 2 is 1.83 bits per heavy atom. The molecule has 0 radical (unpaired) electrons. The molecule has 1 N–H and O–H groups in total. The van der Waals surface area contributed by atoms with Gasteiger partial charge in [-0.2, -0.15) is 0 Å². The lowest BCUT2D eigenvalue weighted by molar-refractivity contribution is -0.130. The van der Waals surface area contributed by atoms with Crippen molar-refractivity contribution in [3.05, 3.63) is 23.8 Å². The van der Waals surface area contributed by atoms with Gasteiger partial charge < -0.3 is 19.9 Å². The molecule has 7 nitrogen and oxygen atoms in total. The van der Waals surface area contributed by atoms with E-state index in [0.29, 0.717) is 43.2 Å². The van der Waals surface area contributed by atoms with Crippen LogP contribution in [0.1, 0.15) is 24.2 Å². The summed E-state index contributed by atoms with van der Waals surface area (Å²) in [5.41, 5.74) is 1.01. The smallest absolute Gasteiger partial charge is 0.265 e. The SMILES string of the molecule is CC(=O)N1CCN(C(=O)c2ccc3c(c2)NC(=O)C(C)O3)CC1. The van der Waals surface area contributed by atoms with Gasteiger partial charge in [0.1, 0.15) is 5.75 Å². The first kappa shape index (κ1) is 15.3. The standard InChI is InChI=1S/C16H19N3O4/c1-10-15(21)17-13-9-12(3-4-14(13)23-10)16(22)19-7-5-18(6-8-19)11(2)20/h3-4,9-10H,5-8H2,1-2H3,(H,17,21). The van der Waals surface area contributed by atoms with Crippen molar-refractivity contribution in [3.63, 3.8) is 0 Å². The Balaban J connectivity index is 1.73. The van der Waals surface area contributed by atoms with E-state index in [1.54, 1.807) is 34.9 Å². The molecular weight excluding hydrogens is 298 g/mol. The lowest BCUT2D eigenvalue weighted by Crippen LogP contribution is -2.50. The van der Waals surface area contributed by atoms with Gasteiger partial charge >= 0.3 is 0 Å². The minimum Gasteiger partial charge on any atom is -0.479 e. The molecule has 0 bridgehead atoms. The molecule has 0 spiro atoms. The van der Waals surface area contributed by atoms with Crippen LogP contribution in [0.3, 0.4) is 0 Å². The maximum atomic E-state index is 12.6. The number of carbonyl (C=O) groups is 3. The van der Waals surface area contributed by atoms with Gasteiger partial charge in [0.05, 0.1) is 5.69 Å². The molecule has 0 aliphatic carbocycles. The molecule has 0 saturated carbocycles. The third-order valence-electron chi connectivity index (χ3n) is 4.17. The third-order valence-corrected chi connectivity index (χ3v) is 4.17. The van der Waals surface area contributed by atoms with Crippen molar-refractivity contribution >= 4 is 23.4 Å². The lowest BCUT2D eigenvalue weighted by Gasteiger charge is -2.34. The fourth-order valence-electron chi connectivity index (χ4n) is 2.75. The van der Waals surface area contributed by atoms with Crippen LogP contribution in [0.15, 0.2) is 18.2 Å². The Bertz CT molecular complexity index is 665. The van der Waals surface area contributed by atoms with Crippen LogP contribution in [0, 0.1) is 0 Å². The van der Waals surface area contributed by atoms with Gasteiger partial charge in [-0.15, -0.1) is 0 Å². The van der Waals surface area contributed by atoms with Gasteiger partial charge in [-0.05, 0) is 25.1 Å². The Kier molecular flexibility index (Phi) is 3.94. The number of ether oxygens (including phenoxy) is 1. The van der Waals surface area contributed by atoms with Crippen molar-refractivity contribution < 1.29 is 19.1 Å². The molecule has 3 amide bonds. The minimum absolute atomic E-state index is 0.0276. The summed E-state index contributed by atoms with van der Waals surface area (Å²) in [7, 11) is 0. The Hall–Kier alpha value is -2.57. The zero-order valence-corrected chi connectivity index (χ0v) is 13.2. The molecule has 2 heterocycles. The van der Waals surface area contributed by atoms with Crippen LogP contribution in [0.5, 0.6) is 5.75 Å². The highest BCUT2D eigenvalue weighted by molar-refractivity contribution is 6.01. The number of benzene rings is 1. The van der Waals surface area contributed by atoms with E-state index >= 15 is 0 Å². The van der Waals surface area contributed by atoms with E-state index in [1.807, 2.05) is 0 Å². The normalized spacial score (nSPS) is 20.4. The van der Waals surface area contributed by atoms with E-state index in [1.165, 1.54) is 6.92 Å². The maximum absolute atomic E-state index is 12.6. The molecule has 1 atom stereocenters. The fraction of sp³-hybridized carbons (Fsp3) is 0.438. The Morgan fingerprint density at radius 1 is 1.17 bits per heavy atom. The summed E-state index contributed by atoms with van der Waals surface area (Å²) in [4.78, 5) is 39.0. The first-order chi connectivity index (χ1) is 11.0. The zero-order valence-electron chi connectivity index (χ0n) is 13.2. The van der Waals surface area contributed by atoms with Crippen molar-refractivity contribution in [3.8, 4) is 5.75 Å². The van der Waals surface area contributed by atoms with E-state index < -0.39 is 6.10 Å². The number of hydrogen-bond acceptors (Lipinski definition) is 4. The predicted octanol–water partition coefficient (Wildman–Crippen LogP) is 0.710. The van der Waals surface area contributed by atoms with Crippen LogP contribution in [0.2, 0.25) is 0 Å². The van der Waals surface area contributed by atoms with Crippen LogP contribution in [0.4, 0.5) is 5.69 Å². The van der Waals surface area contributed by atoms with Gasteiger partial charge in [-0.25, -0.2) is 0 Å². The summed E-state index contributed by atoms with van der Waals surface area (Å²) in [6, 6.07) is 5.03. The van der Waals surface area contributed by atoms with Crippen molar-refractivity contribution in [2.75, 3.05) is 31.5 Å². The van der Waals surface area contributed by atoms with Crippen molar-refractivity contribution in [1.82, 2.24) is 9.80 Å². The number of anilines is 1. The summed E-state index contributed by atoms with van der Waals surface area (Å²) in [5, 5.41) is 2.74. The van der Waals surface area contributed by atoms with Crippen LogP contribution in [0.25, 0.3) is 0 Å². The summed E-state index contributed by atoms with van der Waals surface area (Å²) < 4.78 is 5.48. The predicted molar refractivity (Wildman–Crippen MR) is 83.3 cm³/mol. The first-order valence-corrected chi connectivity index (χ1v) is 7.62. The Labute approximate surface area is 134 Å². The van der Waals surface area contributed by atoms with Crippen LogP contribution < -0.4 is 10.1 Å². The number of fused-ring (bicyclic) bond motifs is 1. The van der Waals surface area contributed by atoms with Crippen molar-refractivity contribution in [1.29, 1.82) is 0 Å². The summed E-state index contributed by atoms with van der Waals surface area (Å²) in [5.74, 6) is 0.260. The molecule has 1 aromatic carbocycles. The summed E-state index contributed by atoms with van der Waals surface area (Å²) >= 11 is 0. The molecular formula is C16H19N3O4. The highest BCUT2D eigenvalue weighted by atomic mass is 16.5. The third kappa shape index (κ3) is 2.99. The number of carbonyl (C=O) groups excluding carboxylic acids is 3. The molecule has 1 unspecified atom stereocenters. The lowest BCUT2D eigenvalue weighted by atomic mass is 10.1. The highest BCUT2D eigenvalue weighted by Crippen LogP contribution is 2.30. The second-order valence-corrected chi connectivity index (χ2v) is 5.76. The monoisotopic (exact) mass is 317 g/mol. The van der Waals surface area contributed by atoms with Crippen LogP contribution in [-0.2, 0) is 9.59 Å². The summed E-state index contributed by atoms with van der Waals surface area (Å²) in [6.45, 7) is 5.31. The topological polar surface area (TPSA) is 79.0 Å². The molecule has 122 valence electrons. The number of hydrogen-bond donors (Lipinski definition) is 1. The molecule has 1 fully saturated rings. The highest BCUT2D eigenvalue weighted by Gasteiger charge is 2.27. The quantitative estimate of drug-likeness (QED) is 0.827. The van der Waals surface area contributed by atoms with Gasteiger partial charge in [0.15, 0.2) is 6.10 Å². The molecule has 2 aliphatic heterocycles. The van der Waals surface area contributed by atoms with E-state index in [9.17, 15) is 14.4 Å². The van der Waals surface area contributed by atoms with E-state index in [4.69, 9.17) is 4.74 Å². The average Bonchev–Trinajstić information content (AvgIpc) is 2.55. The fourth-order valence-corrected chi connectivity index (χ4v) is 2.75. The minimum atomic E-state index is -0.538. The van der Waals surface area contributed by atoms with Crippen LogP contribution >= 0.6 is 0 Å². The molecule has 1 aromatic rings.